The monoisotopic (exact) mass is 242 g/mol. The summed E-state index contributed by atoms with van der Waals surface area (Å²) >= 11 is 0. The van der Waals surface area contributed by atoms with Crippen molar-refractivity contribution in [2.24, 2.45) is 23.7 Å². The quantitative estimate of drug-likeness (QED) is 0.515. The molecule has 0 atom stereocenters. The molecule has 2 aliphatic carbocycles. The molecule has 0 unspecified atom stereocenters. The molecule has 0 aromatic carbocycles. The van der Waals surface area contributed by atoms with E-state index in [2.05, 4.69) is 27.7 Å². The summed E-state index contributed by atoms with van der Waals surface area (Å²) in [7, 11) is 0. The summed E-state index contributed by atoms with van der Waals surface area (Å²) < 4.78 is 0. The van der Waals surface area contributed by atoms with Gasteiger partial charge in [0.25, 0.3) is 0 Å². The Morgan fingerprint density at radius 3 is 0.882 bits per heavy atom. The highest BCUT2D eigenvalue weighted by Gasteiger charge is 2.24. The lowest BCUT2D eigenvalue weighted by molar-refractivity contribution is 0.235. The Morgan fingerprint density at radius 2 is 0.882 bits per heavy atom. The van der Waals surface area contributed by atoms with Crippen LogP contribution in [0.3, 0.4) is 0 Å². The normalized spacial score (nSPS) is 18.0. The third kappa shape index (κ3) is 10.9. The summed E-state index contributed by atoms with van der Waals surface area (Å²) in [5.74, 6) is 4.10. The van der Waals surface area contributed by atoms with Gasteiger partial charge < -0.3 is 0 Å². The maximum absolute atomic E-state index is 2.32. The maximum atomic E-state index is 2.32. The van der Waals surface area contributed by atoms with Gasteiger partial charge in [-0.3, -0.25) is 0 Å². The molecule has 0 nitrogen and oxygen atoms in total. The first kappa shape index (κ1) is 19.3. The summed E-state index contributed by atoms with van der Waals surface area (Å²) in [6.07, 6.45) is 7.48. The third-order valence-electron chi connectivity index (χ3n) is 3.66. The Bertz CT molecular complexity index is 127. The van der Waals surface area contributed by atoms with Crippen LogP contribution in [0.4, 0.5) is 0 Å². The van der Waals surface area contributed by atoms with Crippen LogP contribution in [0.25, 0.3) is 0 Å². The molecule has 2 fully saturated rings. The molecule has 17 heavy (non-hydrogen) atoms. The molecule has 0 aliphatic heterocycles. The molecule has 106 valence electrons. The van der Waals surface area contributed by atoms with E-state index in [4.69, 9.17) is 0 Å². The van der Waals surface area contributed by atoms with Crippen LogP contribution >= 0.6 is 0 Å². The lowest BCUT2D eigenvalue weighted by atomic mass is 9.78. The zero-order valence-corrected chi connectivity index (χ0v) is 13.8. The molecule has 2 saturated carbocycles. The third-order valence-corrected chi connectivity index (χ3v) is 3.66. The van der Waals surface area contributed by atoms with E-state index >= 15 is 0 Å². The largest absolute Gasteiger partial charge is 0.0683 e. The summed E-state index contributed by atoms with van der Waals surface area (Å²) in [4.78, 5) is 0. The number of hydrogen-bond donors (Lipinski definition) is 0. The molecule has 2 rings (SSSR count). The van der Waals surface area contributed by atoms with Crippen LogP contribution in [-0.2, 0) is 0 Å². The van der Waals surface area contributed by atoms with E-state index in [0.717, 1.165) is 23.7 Å². The molecule has 0 aromatic heterocycles. The minimum atomic E-state index is 0.953. The first-order valence-corrected chi connectivity index (χ1v) is 8.11. The fourth-order valence-corrected chi connectivity index (χ4v) is 1.87. The second-order valence-electron chi connectivity index (χ2n) is 5.52. The van der Waals surface area contributed by atoms with E-state index in [1.54, 1.807) is 0 Å². The predicted molar refractivity (Wildman–Crippen MR) is 82.4 cm³/mol. The predicted octanol–water partition coefficient (Wildman–Crippen LogP) is 6.55. The van der Waals surface area contributed by atoms with Crippen molar-refractivity contribution in [3.8, 4) is 0 Å². The standard InChI is InChI=1S/C7H14.C6H12.2C2H6/c1-6(2)7-4-3-5-7;1-5(2)6-3-4-6;2*1-2/h6-7H,3-5H2,1-2H3;5-6H,3-4H2,1-2H3;2*1-2H3. The van der Waals surface area contributed by atoms with Gasteiger partial charge in [-0.25, -0.2) is 0 Å². The Labute approximate surface area is 112 Å². The van der Waals surface area contributed by atoms with Crippen LogP contribution in [0.2, 0.25) is 0 Å². The van der Waals surface area contributed by atoms with Crippen molar-refractivity contribution < 1.29 is 0 Å². The molecular formula is C17H38. The van der Waals surface area contributed by atoms with Crippen LogP contribution in [0.1, 0.15) is 87.5 Å². The Balaban J connectivity index is 0. The zero-order chi connectivity index (χ0) is 13.8. The van der Waals surface area contributed by atoms with Gasteiger partial charge in [0.2, 0.25) is 0 Å². The van der Waals surface area contributed by atoms with E-state index in [1.165, 1.54) is 32.1 Å². The lowest BCUT2D eigenvalue weighted by Crippen LogP contribution is -2.16. The molecule has 0 heterocycles. The van der Waals surface area contributed by atoms with Gasteiger partial charge in [-0.2, -0.15) is 0 Å². The van der Waals surface area contributed by atoms with Crippen LogP contribution in [-0.4, -0.2) is 0 Å². The van der Waals surface area contributed by atoms with Gasteiger partial charge in [-0.05, 0) is 36.5 Å². The van der Waals surface area contributed by atoms with Crippen molar-refractivity contribution in [1.82, 2.24) is 0 Å². The van der Waals surface area contributed by atoms with E-state index in [9.17, 15) is 0 Å². The van der Waals surface area contributed by atoms with Crippen molar-refractivity contribution >= 4 is 0 Å². The summed E-state index contributed by atoms with van der Waals surface area (Å²) in [6.45, 7) is 17.3. The molecule has 2 aliphatic rings. The van der Waals surface area contributed by atoms with Gasteiger partial charge in [0, 0.05) is 0 Å². The van der Waals surface area contributed by atoms with Crippen LogP contribution in [0, 0.1) is 23.7 Å². The topological polar surface area (TPSA) is 0 Å². The molecule has 0 N–H and O–H groups in total. The fourth-order valence-electron chi connectivity index (χ4n) is 1.87. The highest BCUT2D eigenvalue weighted by atomic mass is 14.3. The molecule has 0 saturated heterocycles. The SMILES string of the molecule is CC.CC.CC(C)C1CC1.CC(C)C1CCC1. The second-order valence-corrected chi connectivity index (χ2v) is 5.52. The Kier molecular flexibility index (Phi) is 14.2. The molecule has 0 bridgehead atoms. The lowest BCUT2D eigenvalue weighted by Gasteiger charge is -2.28. The van der Waals surface area contributed by atoms with E-state index in [0.29, 0.717) is 0 Å². The van der Waals surface area contributed by atoms with Gasteiger partial charge in [0.05, 0.1) is 0 Å². The van der Waals surface area contributed by atoms with E-state index < -0.39 is 0 Å². The second kappa shape index (κ2) is 12.5. The maximum Gasteiger partial charge on any atom is -0.0391 e. The first-order valence-electron chi connectivity index (χ1n) is 8.11. The Morgan fingerprint density at radius 1 is 0.588 bits per heavy atom. The molecule has 0 amide bonds. The van der Waals surface area contributed by atoms with Crippen molar-refractivity contribution in [2.75, 3.05) is 0 Å². The highest BCUT2D eigenvalue weighted by Crippen LogP contribution is 2.35. The van der Waals surface area contributed by atoms with Gasteiger partial charge >= 0.3 is 0 Å². The van der Waals surface area contributed by atoms with E-state index in [1.807, 2.05) is 27.7 Å². The van der Waals surface area contributed by atoms with Crippen molar-refractivity contribution in [2.45, 2.75) is 87.5 Å². The van der Waals surface area contributed by atoms with Gasteiger partial charge in [-0.15, -0.1) is 0 Å². The molecule has 0 spiro atoms. The van der Waals surface area contributed by atoms with Crippen molar-refractivity contribution in [3.05, 3.63) is 0 Å². The van der Waals surface area contributed by atoms with Gasteiger partial charge in [0.15, 0.2) is 0 Å². The number of rotatable bonds is 2. The Hall–Kier alpha value is 0. The zero-order valence-electron chi connectivity index (χ0n) is 13.8. The first-order chi connectivity index (χ1) is 8.11. The average molecular weight is 242 g/mol. The van der Waals surface area contributed by atoms with Gasteiger partial charge in [0.1, 0.15) is 0 Å². The van der Waals surface area contributed by atoms with Crippen LogP contribution in [0.5, 0.6) is 0 Å². The van der Waals surface area contributed by atoms with Crippen LogP contribution in [0.15, 0.2) is 0 Å². The number of hydrogen-bond acceptors (Lipinski definition) is 0. The van der Waals surface area contributed by atoms with Crippen molar-refractivity contribution in [3.63, 3.8) is 0 Å². The average Bonchev–Trinajstić information content (AvgIpc) is 3.04. The van der Waals surface area contributed by atoms with Crippen LogP contribution < -0.4 is 0 Å². The summed E-state index contributed by atoms with van der Waals surface area (Å²) in [6, 6.07) is 0. The fraction of sp³-hybridized carbons (Fsp3) is 1.00. The highest BCUT2D eigenvalue weighted by molar-refractivity contribution is 4.75. The molecular weight excluding hydrogens is 204 g/mol. The molecule has 0 heteroatoms. The van der Waals surface area contributed by atoms with Crippen molar-refractivity contribution in [1.29, 1.82) is 0 Å². The summed E-state index contributed by atoms with van der Waals surface area (Å²) in [5, 5.41) is 0. The summed E-state index contributed by atoms with van der Waals surface area (Å²) in [5.41, 5.74) is 0. The molecule has 0 radical (unpaired) electrons. The van der Waals surface area contributed by atoms with Gasteiger partial charge in [-0.1, -0.05) is 74.7 Å². The van der Waals surface area contributed by atoms with E-state index in [-0.39, 0.29) is 0 Å². The minimum absolute atomic E-state index is 0.953. The molecule has 0 aromatic rings. The smallest absolute Gasteiger partial charge is 0.0391 e. The minimum Gasteiger partial charge on any atom is -0.0683 e.